The van der Waals surface area contributed by atoms with E-state index in [1.54, 1.807) is 0 Å². The minimum Gasteiger partial charge on any atom is -0.389 e. The molecule has 3 N–H and O–H groups in total. The van der Waals surface area contributed by atoms with Crippen molar-refractivity contribution in [2.45, 2.75) is 39.2 Å². The molecule has 66 valence electrons. The lowest BCUT2D eigenvalue weighted by atomic mass is 9.54. The monoisotopic (exact) mass is 157 g/mol. The maximum Gasteiger partial charge on any atom is 0.0736 e. The van der Waals surface area contributed by atoms with Crippen LogP contribution >= 0.6 is 0 Å². The summed E-state index contributed by atoms with van der Waals surface area (Å²) in [6.07, 6.45) is 2.03. The lowest BCUT2D eigenvalue weighted by molar-refractivity contribution is -0.179. The van der Waals surface area contributed by atoms with Crippen molar-refractivity contribution in [1.82, 2.24) is 0 Å². The van der Waals surface area contributed by atoms with Gasteiger partial charge in [0.2, 0.25) is 0 Å². The molecular formula is C9H19NO. The van der Waals surface area contributed by atoms with Crippen LogP contribution in [0.4, 0.5) is 0 Å². The van der Waals surface area contributed by atoms with Gasteiger partial charge in [-0.1, -0.05) is 20.8 Å². The van der Waals surface area contributed by atoms with Crippen molar-refractivity contribution in [2.75, 3.05) is 6.54 Å². The minimum absolute atomic E-state index is 0.0752. The van der Waals surface area contributed by atoms with Gasteiger partial charge in [0, 0.05) is 0 Å². The average molecular weight is 157 g/mol. The lowest BCUT2D eigenvalue weighted by Gasteiger charge is -2.55. The zero-order valence-corrected chi connectivity index (χ0v) is 7.72. The molecule has 0 heterocycles. The van der Waals surface area contributed by atoms with E-state index in [-0.39, 0.29) is 11.3 Å². The van der Waals surface area contributed by atoms with Crippen molar-refractivity contribution >= 4 is 0 Å². The molecule has 2 atom stereocenters. The fourth-order valence-corrected chi connectivity index (χ4v) is 1.99. The van der Waals surface area contributed by atoms with E-state index in [2.05, 4.69) is 13.8 Å². The Morgan fingerprint density at radius 1 is 1.45 bits per heavy atom. The summed E-state index contributed by atoms with van der Waals surface area (Å²) >= 11 is 0. The molecule has 0 saturated heterocycles. The number of hydrogen-bond donors (Lipinski definition) is 2. The third-order valence-electron chi connectivity index (χ3n) is 3.47. The first-order valence-corrected chi connectivity index (χ1v) is 4.36. The molecule has 0 amide bonds. The molecule has 2 heteroatoms. The van der Waals surface area contributed by atoms with Crippen molar-refractivity contribution in [1.29, 1.82) is 0 Å². The topological polar surface area (TPSA) is 46.2 Å². The van der Waals surface area contributed by atoms with Crippen LogP contribution in [-0.2, 0) is 0 Å². The standard InChI is InChI=1S/C9H19NO/c1-7(6-10)9(11)5-4-8(9,2)3/h7,11H,4-6,10H2,1-3H3. The van der Waals surface area contributed by atoms with Gasteiger partial charge in [-0.15, -0.1) is 0 Å². The van der Waals surface area contributed by atoms with E-state index in [4.69, 9.17) is 5.73 Å². The Morgan fingerprint density at radius 3 is 2.09 bits per heavy atom. The van der Waals surface area contributed by atoms with E-state index in [9.17, 15) is 5.11 Å². The van der Waals surface area contributed by atoms with Crippen LogP contribution in [0.1, 0.15) is 33.6 Å². The Labute approximate surface area is 68.8 Å². The summed E-state index contributed by atoms with van der Waals surface area (Å²) in [7, 11) is 0. The molecule has 0 radical (unpaired) electrons. The van der Waals surface area contributed by atoms with Crippen molar-refractivity contribution in [2.24, 2.45) is 17.1 Å². The molecule has 0 aromatic carbocycles. The molecule has 2 nitrogen and oxygen atoms in total. The molecule has 0 aromatic heterocycles. The van der Waals surface area contributed by atoms with Crippen molar-refractivity contribution in [3.05, 3.63) is 0 Å². The van der Waals surface area contributed by atoms with Crippen molar-refractivity contribution < 1.29 is 5.11 Å². The molecule has 1 saturated carbocycles. The number of nitrogens with two attached hydrogens (primary N) is 1. The summed E-state index contributed by atoms with van der Waals surface area (Å²) < 4.78 is 0. The second-order valence-electron chi connectivity index (χ2n) is 4.44. The highest BCUT2D eigenvalue weighted by Gasteiger charge is 2.54. The first kappa shape index (κ1) is 9.01. The zero-order valence-electron chi connectivity index (χ0n) is 7.72. The second kappa shape index (κ2) is 2.46. The second-order valence-corrected chi connectivity index (χ2v) is 4.44. The Balaban J connectivity index is 2.68. The highest BCUT2D eigenvalue weighted by atomic mass is 16.3. The molecule has 0 bridgehead atoms. The first-order valence-electron chi connectivity index (χ1n) is 4.36. The predicted octanol–water partition coefficient (Wildman–Crippen LogP) is 1.13. The summed E-state index contributed by atoms with van der Waals surface area (Å²) in [4.78, 5) is 0. The smallest absolute Gasteiger partial charge is 0.0736 e. The molecular weight excluding hydrogens is 138 g/mol. The Hall–Kier alpha value is -0.0800. The Bertz CT molecular complexity index is 156. The van der Waals surface area contributed by atoms with Crippen LogP contribution in [0, 0.1) is 11.3 Å². The molecule has 1 fully saturated rings. The first-order chi connectivity index (χ1) is 4.94. The van der Waals surface area contributed by atoms with Crippen molar-refractivity contribution in [3.8, 4) is 0 Å². The van der Waals surface area contributed by atoms with Crippen LogP contribution in [0.3, 0.4) is 0 Å². The summed E-state index contributed by atoms with van der Waals surface area (Å²) in [5.74, 6) is 0.228. The van der Waals surface area contributed by atoms with E-state index in [0.717, 1.165) is 12.8 Å². The summed E-state index contributed by atoms with van der Waals surface area (Å²) in [6.45, 7) is 6.84. The van der Waals surface area contributed by atoms with E-state index >= 15 is 0 Å². The van der Waals surface area contributed by atoms with Gasteiger partial charge in [0.25, 0.3) is 0 Å². The van der Waals surface area contributed by atoms with Crippen LogP contribution in [0.15, 0.2) is 0 Å². The number of aliphatic hydroxyl groups is 1. The van der Waals surface area contributed by atoms with Gasteiger partial charge in [-0.2, -0.15) is 0 Å². The molecule has 1 aliphatic carbocycles. The van der Waals surface area contributed by atoms with Gasteiger partial charge < -0.3 is 10.8 Å². The summed E-state index contributed by atoms with van der Waals surface area (Å²) in [5.41, 5.74) is 5.11. The van der Waals surface area contributed by atoms with E-state index in [0.29, 0.717) is 6.54 Å². The van der Waals surface area contributed by atoms with Gasteiger partial charge in [-0.3, -0.25) is 0 Å². The SMILES string of the molecule is CC(CN)C1(O)CCC1(C)C. The van der Waals surface area contributed by atoms with Gasteiger partial charge >= 0.3 is 0 Å². The third kappa shape index (κ3) is 1.09. The lowest BCUT2D eigenvalue weighted by Crippen LogP contribution is -2.59. The maximum absolute atomic E-state index is 10.1. The van der Waals surface area contributed by atoms with Crippen molar-refractivity contribution in [3.63, 3.8) is 0 Å². The average Bonchev–Trinajstić information content (AvgIpc) is 1.99. The molecule has 2 unspecified atom stereocenters. The normalized spacial score (nSPS) is 37.9. The molecule has 1 aliphatic rings. The Morgan fingerprint density at radius 2 is 2.00 bits per heavy atom. The quantitative estimate of drug-likeness (QED) is 0.631. The highest BCUT2D eigenvalue weighted by molar-refractivity contribution is 5.05. The van der Waals surface area contributed by atoms with Crippen LogP contribution in [0.25, 0.3) is 0 Å². The van der Waals surface area contributed by atoms with E-state index in [1.807, 2.05) is 6.92 Å². The largest absolute Gasteiger partial charge is 0.389 e. The van der Waals surface area contributed by atoms with Gasteiger partial charge in [0.05, 0.1) is 5.60 Å². The Kier molecular flexibility index (Phi) is 2.01. The maximum atomic E-state index is 10.1. The van der Waals surface area contributed by atoms with Gasteiger partial charge in [0.15, 0.2) is 0 Å². The predicted molar refractivity (Wildman–Crippen MR) is 46.2 cm³/mol. The molecule has 11 heavy (non-hydrogen) atoms. The molecule has 1 rings (SSSR count). The number of hydrogen-bond acceptors (Lipinski definition) is 2. The van der Waals surface area contributed by atoms with Crippen LogP contribution in [0.2, 0.25) is 0 Å². The van der Waals surface area contributed by atoms with Crippen LogP contribution in [-0.4, -0.2) is 17.3 Å². The van der Waals surface area contributed by atoms with Crippen LogP contribution < -0.4 is 5.73 Å². The molecule has 0 aromatic rings. The minimum atomic E-state index is -0.498. The number of rotatable bonds is 2. The molecule has 0 spiro atoms. The zero-order chi connectivity index (χ0) is 8.70. The highest BCUT2D eigenvalue weighted by Crippen LogP contribution is 2.52. The summed E-state index contributed by atoms with van der Waals surface area (Å²) in [5, 5.41) is 10.1. The van der Waals surface area contributed by atoms with Crippen LogP contribution in [0.5, 0.6) is 0 Å². The summed E-state index contributed by atoms with van der Waals surface area (Å²) in [6, 6.07) is 0. The fourth-order valence-electron chi connectivity index (χ4n) is 1.99. The molecule has 0 aliphatic heterocycles. The van der Waals surface area contributed by atoms with Gasteiger partial charge in [-0.05, 0) is 30.7 Å². The van der Waals surface area contributed by atoms with E-state index in [1.165, 1.54) is 0 Å². The van der Waals surface area contributed by atoms with Gasteiger partial charge in [0.1, 0.15) is 0 Å². The third-order valence-corrected chi connectivity index (χ3v) is 3.47. The van der Waals surface area contributed by atoms with E-state index < -0.39 is 5.60 Å². The van der Waals surface area contributed by atoms with Gasteiger partial charge in [-0.25, -0.2) is 0 Å². The fraction of sp³-hybridized carbons (Fsp3) is 1.00.